The van der Waals surface area contributed by atoms with Gasteiger partial charge in [0.2, 0.25) is 0 Å². The molecule has 0 amide bonds. The topological polar surface area (TPSA) is 44.3 Å². The summed E-state index contributed by atoms with van der Waals surface area (Å²) in [7, 11) is 0. The average molecular weight is 234 g/mol. The number of hydrogen-bond donors (Lipinski definition) is 3. The molecule has 1 heterocycles. The molecular formula is C14H22N2O. The number of benzene rings is 1. The van der Waals surface area contributed by atoms with Crippen LogP contribution in [0.4, 0.5) is 0 Å². The predicted octanol–water partition coefficient (Wildman–Crippen LogP) is 1.82. The Bertz CT molecular complexity index is 376. The van der Waals surface area contributed by atoms with E-state index in [1.165, 1.54) is 11.1 Å². The van der Waals surface area contributed by atoms with Crippen molar-refractivity contribution < 1.29 is 5.11 Å². The molecule has 0 bridgehead atoms. The maximum absolute atomic E-state index is 9.48. The van der Waals surface area contributed by atoms with E-state index in [4.69, 9.17) is 0 Å². The van der Waals surface area contributed by atoms with Gasteiger partial charge in [-0.25, -0.2) is 0 Å². The van der Waals surface area contributed by atoms with E-state index in [9.17, 15) is 5.11 Å². The molecule has 0 aliphatic carbocycles. The van der Waals surface area contributed by atoms with Crippen molar-refractivity contribution >= 4 is 0 Å². The quantitative estimate of drug-likeness (QED) is 0.744. The van der Waals surface area contributed by atoms with Crippen LogP contribution >= 0.6 is 0 Å². The van der Waals surface area contributed by atoms with Crippen molar-refractivity contribution in [3.63, 3.8) is 0 Å². The van der Waals surface area contributed by atoms with Crippen molar-refractivity contribution in [1.82, 2.24) is 10.6 Å². The summed E-state index contributed by atoms with van der Waals surface area (Å²) in [5, 5.41) is 16.4. The molecule has 3 nitrogen and oxygen atoms in total. The highest BCUT2D eigenvalue weighted by atomic mass is 16.3. The van der Waals surface area contributed by atoms with Gasteiger partial charge in [-0.05, 0) is 35.7 Å². The summed E-state index contributed by atoms with van der Waals surface area (Å²) in [6.07, 6.45) is 0. The number of fused-ring (bicyclic) bond motifs is 1. The molecule has 94 valence electrons. The molecule has 1 aromatic rings. The number of nitrogens with one attached hydrogen (secondary N) is 2. The molecule has 2 rings (SSSR count). The second-order valence-corrected chi connectivity index (χ2v) is 5.26. The lowest BCUT2D eigenvalue weighted by molar-refractivity contribution is 0.461. The number of phenolic OH excluding ortho intramolecular Hbond substituents is 1. The van der Waals surface area contributed by atoms with E-state index in [-0.39, 0.29) is 0 Å². The maximum atomic E-state index is 9.48. The standard InChI is InChI=1S/C14H22N2O/c1-10(2)6-15-8-12-9-16-7-11-5-13(17)3-4-14(11)12/h3-5,10,12,15-17H,6-9H2,1-2H3. The molecule has 1 aliphatic heterocycles. The molecule has 1 unspecified atom stereocenters. The van der Waals surface area contributed by atoms with E-state index in [1.54, 1.807) is 6.07 Å². The van der Waals surface area contributed by atoms with Crippen molar-refractivity contribution in [1.29, 1.82) is 0 Å². The molecule has 0 spiro atoms. The van der Waals surface area contributed by atoms with Gasteiger partial charge in [-0.2, -0.15) is 0 Å². The van der Waals surface area contributed by atoms with Crippen molar-refractivity contribution in [2.75, 3.05) is 19.6 Å². The number of rotatable bonds is 4. The van der Waals surface area contributed by atoms with E-state index in [0.29, 0.717) is 17.6 Å². The van der Waals surface area contributed by atoms with E-state index in [0.717, 1.165) is 26.2 Å². The molecular weight excluding hydrogens is 212 g/mol. The van der Waals surface area contributed by atoms with E-state index in [2.05, 4.69) is 30.5 Å². The Labute approximate surface area is 103 Å². The Morgan fingerprint density at radius 2 is 2.29 bits per heavy atom. The molecule has 0 fully saturated rings. The number of hydrogen-bond acceptors (Lipinski definition) is 3. The third-order valence-corrected chi connectivity index (χ3v) is 3.22. The highest BCUT2D eigenvalue weighted by Gasteiger charge is 2.19. The first-order chi connectivity index (χ1) is 8.16. The summed E-state index contributed by atoms with van der Waals surface area (Å²) < 4.78 is 0. The first-order valence-electron chi connectivity index (χ1n) is 6.40. The van der Waals surface area contributed by atoms with Gasteiger partial charge < -0.3 is 15.7 Å². The summed E-state index contributed by atoms with van der Waals surface area (Å²) in [6, 6.07) is 5.73. The minimum atomic E-state index is 0.362. The molecule has 17 heavy (non-hydrogen) atoms. The molecule has 1 aromatic carbocycles. The smallest absolute Gasteiger partial charge is 0.115 e. The zero-order valence-corrected chi connectivity index (χ0v) is 10.7. The summed E-state index contributed by atoms with van der Waals surface area (Å²) in [4.78, 5) is 0. The van der Waals surface area contributed by atoms with Crippen molar-refractivity contribution in [3.8, 4) is 5.75 Å². The molecule has 0 aromatic heterocycles. The SMILES string of the molecule is CC(C)CNCC1CNCc2cc(O)ccc21. The van der Waals surface area contributed by atoms with Crippen LogP contribution < -0.4 is 10.6 Å². The average Bonchev–Trinajstić information content (AvgIpc) is 2.28. The third-order valence-electron chi connectivity index (χ3n) is 3.22. The fourth-order valence-corrected chi connectivity index (χ4v) is 2.36. The van der Waals surface area contributed by atoms with Crippen LogP contribution in [-0.2, 0) is 6.54 Å². The van der Waals surface area contributed by atoms with Crippen LogP contribution in [0, 0.1) is 5.92 Å². The third kappa shape index (κ3) is 3.20. The molecule has 1 aliphatic rings. The van der Waals surface area contributed by atoms with Gasteiger partial charge in [0.05, 0.1) is 0 Å². The van der Waals surface area contributed by atoms with Gasteiger partial charge >= 0.3 is 0 Å². The van der Waals surface area contributed by atoms with Crippen molar-refractivity contribution in [2.24, 2.45) is 5.92 Å². The minimum Gasteiger partial charge on any atom is -0.508 e. The molecule has 0 saturated carbocycles. The van der Waals surface area contributed by atoms with Gasteiger partial charge in [0.15, 0.2) is 0 Å². The Hall–Kier alpha value is -1.06. The second-order valence-electron chi connectivity index (χ2n) is 5.26. The monoisotopic (exact) mass is 234 g/mol. The number of aromatic hydroxyl groups is 1. The summed E-state index contributed by atoms with van der Waals surface area (Å²) in [5.74, 6) is 1.56. The molecule has 3 N–H and O–H groups in total. The Balaban J connectivity index is 2.02. The fourth-order valence-electron chi connectivity index (χ4n) is 2.36. The van der Waals surface area contributed by atoms with Crippen LogP contribution in [0.5, 0.6) is 5.75 Å². The zero-order valence-electron chi connectivity index (χ0n) is 10.7. The van der Waals surface area contributed by atoms with E-state index >= 15 is 0 Å². The summed E-state index contributed by atoms with van der Waals surface area (Å²) >= 11 is 0. The van der Waals surface area contributed by atoms with Gasteiger partial charge in [0.25, 0.3) is 0 Å². The predicted molar refractivity (Wildman–Crippen MR) is 70.3 cm³/mol. The van der Waals surface area contributed by atoms with Crippen LogP contribution in [0.25, 0.3) is 0 Å². The van der Waals surface area contributed by atoms with Crippen LogP contribution in [0.15, 0.2) is 18.2 Å². The molecule has 0 saturated heterocycles. The lowest BCUT2D eigenvalue weighted by Gasteiger charge is -2.27. The fraction of sp³-hybridized carbons (Fsp3) is 0.571. The van der Waals surface area contributed by atoms with E-state index < -0.39 is 0 Å². The van der Waals surface area contributed by atoms with Gasteiger partial charge in [-0.3, -0.25) is 0 Å². The van der Waals surface area contributed by atoms with Crippen molar-refractivity contribution in [2.45, 2.75) is 26.3 Å². The second kappa shape index (κ2) is 5.52. The van der Waals surface area contributed by atoms with Crippen LogP contribution in [0.1, 0.15) is 30.9 Å². The maximum Gasteiger partial charge on any atom is 0.115 e. The lowest BCUT2D eigenvalue weighted by atomic mass is 9.90. The van der Waals surface area contributed by atoms with Crippen LogP contribution in [0.2, 0.25) is 0 Å². The Morgan fingerprint density at radius 1 is 1.47 bits per heavy atom. The van der Waals surface area contributed by atoms with Crippen LogP contribution in [0.3, 0.4) is 0 Å². The molecule has 0 radical (unpaired) electrons. The van der Waals surface area contributed by atoms with Gasteiger partial charge in [0, 0.05) is 25.6 Å². The minimum absolute atomic E-state index is 0.362. The normalized spacial score (nSPS) is 19.4. The molecule has 1 atom stereocenters. The lowest BCUT2D eigenvalue weighted by Crippen LogP contribution is -2.35. The first kappa shape index (κ1) is 12.4. The summed E-state index contributed by atoms with van der Waals surface area (Å²) in [5.41, 5.74) is 2.60. The highest BCUT2D eigenvalue weighted by Crippen LogP contribution is 2.26. The van der Waals surface area contributed by atoms with Gasteiger partial charge in [-0.15, -0.1) is 0 Å². The highest BCUT2D eigenvalue weighted by molar-refractivity contribution is 5.38. The Morgan fingerprint density at radius 3 is 3.06 bits per heavy atom. The molecule has 3 heteroatoms. The van der Waals surface area contributed by atoms with Crippen LogP contribution in [-0.4, -0.2) is 24.7 Å². The van der Waals surface area contributed by atoms with Gasteiger partial charge in [-0.1, -0.05) is 19.9 Å². The van der Waals surface area contributed by atoms with E-state index in [1.807, 2.05) is 6.07 Å². The number of phenols is 1. The van der Waals surface area contributed by atoms with Gasteiger partial charge in [0.1, 0.15) is 5.75 Å². The largest absolute Gasteiger partial charge is 0.508 e. The zero-order chi connectivity index (χ0) is 12.3. The van der Waals surface area contributed by atoms with Crippen molar-refractivity contribution in [3.05, 3.63) is 29.3 Å². The summed E-state index contributed by atoms with van der Waals surface area (Å²) in [6.45, 7) is 8.39. The first-order valence-corrected chi connectivity index (χ1v) is 6.40. The Kier molecular flexibility index (Phi) is 4.02.